The van der Waals surface area contributed by atoms with Gasteiger partial charge in [-0.15, -0.1) is 0 Å². The summed E-state index contributed by atoms with van der Waals surface area (Å²) in [5.41, 5.74) is 3.17. The van der Waals surface area contributed by atoms with E-state index in [1.165, 1.54) is 6.08 Å². The third-order valence-electron chi connectivity index (χ3n) is 5.39. The van der Waals surface area contributed by atoms with Crippen LogP contribution < -0.4 is 16.0 Å². The molecule has 0 radical (unpaired) electrons. The molecule has 0 atom stereocenters. The number of anilines is 4. The second-order valence-corrected chi connectivity index (χ2v) is 8.03. The first-order chi connectivity index (χ1) is 16.6. The average molecular weight is 454 g/mol. The molecule has 5 rings (SSSR count). The Morgan fingerprint density at radius 1 is 1.06 bits per heavy atom. The smallest absolute Gasteiger partial charge is 0.247 e. The third-order valence-corrected chi connectivity index (χ3v) is 5.39. The van der Waals surface area contributed by atoms with Crippen molar-refractivity contribution < 1.29 is 4.79 Å². The van der Waals surface area contributed by atoms with Gasteiger partial charge in [-0.3, -0.25) is 14.8 Å². The number of hydrogen-bond donors (Lipinski definition) is 3. The van der Waals surface area contributed by atoms with Gasteiger partial charge in [0.25, 0.3) is 0 Å². The Kier molecular flexibility index (Phi) is 5.79. The maximum atomic E-state index is 11.7. The van der Waals surface area contributed by atoms with E-state index in [9.17, 15) is 4.79 Å². The van der Waals surface area contributed by atoms with Crippen LogP contribution >= 0.6 is 0 Å². The predicted molar refractivity (Wildman–Crippen MR) is 132 cm³/mol. The van der Waals surface area contributed by atoms with E-state index < -0.39 is 0 Å². The molecule has 0 saturated carbocycles. The molecule has 10 heteroatoms. The van der Waals surface area contributed by atoms with Crippen molar-refractivity contribution in [1.82, 2.24) is 29.8 Å². The monoisotopic (exact) mass is 453 g/mol. The number of likely N-dealkylation sites (N-methyl/N-ethyl adjacent to an activating group) is 1. The number of hydrogen-bond acceptors (Lipinski definition) is 9. The van der Waals surface area contributed by atoms with Crippen LogP contribution in [0.4, 0.5) is 23.1 Å². The number of nitrogens with zero attached hydrogens (tertiary/aromatic N) is 6. The lowest BCUT2D eigenvalue weighted by atomic mass is 10.1. The van der Waals surface area contributed by atoms with Gasteiger partial charge in [-0.25, -0.2) is 15.0 Å². The summed E-state index contributed by atoms with van der Waals surface area (Å²) in [5.74, 6) is 0.955. The fourth-order valence-electron chi connectivity index (χ4n) is 3.72. The molecule has 1 saturated heterocycles. The summed E-state index contributed by atoms with van der Waals surface area (Å²) in [5, 5.41) is 10.2. The summed E-state index contributed by atoms with van der Waals surface area (Å²) in [6.45, 7) is 5.51. The van der Waals surface area contributed by atoms with Crippen LogP contribution in [0.25, 0.3) is 22.3 Å². The molecule has 170 valence electrons. The molecular weight excluding hydrogens is 430 g/mol. The highest BCUT2D eigenvalue weighted by atomic mass is 16.1. The Morgan fingerprint density at radius 2 is 1.91 bits per heavy atom. The number of carbonyl (C=O) groups is 1. The number of likely N-dealkylation sites (tertiary alicyclic amines) is 1. The van der Waals surface area contributed by atoms with Crippen molar-refractivity contribution in [2.75, 3.05) is 36.1 Å². The summed E-state index contributed by atoms with van der Waals surface area (Å²) in [4.78, 5) is 36.4. The summed E-state index contributed by atoms with van der Waals surface area (Å²) in [6, 6.07) is 9.58. The van der Waals surface area contributed by atoms with Crippen molar-refractivity contribution in [3.05, 3.63) is 67.8 Å². The zero-order valence-electron chi connectivity index (χ0n) is 18.6. The van der Waals surface area contributed by atoms with E-state index in [0.717, 1.165) is 30.0 Å². The molecule has 10 nitrogen and oxygen atoms in total. The molecule has 0 unspecified atom stereocenters. The molecule has 0 bridgehead atoms. The Morgan fingerprint density at radius 3 is 2.68 bits per heavy atom. The number of nitrogens with one attached hydrogen (secondary N) is 3. The van der Waals surface area contributed by atoms with Crippen LogP contribution in [0.3, 0.4) is 0 Å². The summed E-state index contributed by atoms with van der Waals surface area (Å²) in [7, 11) is 2.09. The second kappa shape index (κ2) is 9.20. The number of amides is 1. The molecule has 0 aliphatic carbocycles. The lowest BCUT2D eigenvalue weighted by Gasteiger charge is -2.36. The van der Waals surface area contributed by atoms with Crippen LogP contribution in [-0.2, 0) is 4.79 Å². The molecule has 34 heavy (non-hydrogen) atoms. The number of rotatable bonds is 7. The highest BCUT2D eigenvalue weighted by Crippen LogP contribution is 2.26. The van der Waals surface area contributed by atoms with Gasteiger partial charge in [0.1, 0.15) is 17.0 Å². The van der Waals surface area contributed by atoms with Gasteiger partial charge in [-0.2, -0.15) is 0 Å². The first kappa shape index (κ1) is 21.4. The Labute approximate surface area is 196 Å². The normalized spacial score (nSPS) is 13.8. The molecule has 4 aromatic heterocycles. The van der Waals surface area contributed by atoms with Crippen molar-refractivity contribution in [3.63, 3.8) is 0 Å². The molecule has 1 aliphatic rings. The van der Waals surface area contributed by atoms with E-state index in [1.54, 1.807) is 36.9 Å². The van der Waals surface area contributed by atoms with E-state index in [0.29, 0.717) is 34.6 Å². The van der Waals surface area contributed by atoms with Crippen molar-refractivity contribution in [1.29, 1.82) is 0 Å². The maximum Gasteiger partial charge on any atom is 0.247 e. The van der Waals surface area contributed by atoms with Crippen LogP contribution in [0.1, 0.15) is 0 Å². The van der Waals surface area contributed by atoms with Gasteiger partial charge in [-0.1, -0.05) is 6.58 Å². The number of pyridine rings is 3. The number of fused-ring (bicyclic) bond motifs is 1. The summed E-state index contributed by atoms with van der Waals surface area (Å²) in [6.07, 6.45) is 7.98. The van der Waals surface area contributed by atoms with E-state index in [1.807, 2.05) is 18.2 Å². The molecule has 0 spiro atoms. The van der Waals surface area contributed by atoms with Crippen molar-refractivity contribution in [2.45, 2.75) is 6.04 Å². The van der Waals surface area contributed by atoms with Gasteiger partial charge in [0.15, 0.2) is 0 Å². The van der Waals surface area contributed by atoms with E-state index in [-0.39, 0.29) is 5.91 Å². The van der Waals surface area contributed by atoms with Crippen LogP contribution in [0.2, 0.25) is 0 Å². The zero-order chi connectivity index (χ0) is 23.5. The first-order valence-electron chi connectivity index (χ1n) is 10.8. The molecule has 5 heterocycles. The van der Waals surface area contributed by atoms with E-state index >= 15 is 0 Å². The van der Waals surface area contributed by atoms with Gasteiger partial charge in [0.2, 0.25) is 11.9 Å². The highest BCUT2D eigenvalue weighted by Gasteiger charge is 2.22. The molecule has 1 fully saturated rings. The molecule has 4 aromatic rings. The van der Waals surface area contributed by atoms with Gasteiger partial charge >= 0.3 is 0 Å². The van der Waals surface area contributed by atoms with Crippen molar-refractivity contribution >= 4 is 40.0 Å². The first-order valence-corrected chi connectivity index (χ1v) is 10.8. The number of carbonyl (C=O) groups excluding carboxylic acids is 1. The predicted octanol–water partition coefficient (Wildman–Crippen LogP) is 3.08. The zero-order valence-corrected chi connectivity index (χ0v) is 18.6. The Balaban J connectivity index is 1.38. The molecule has 0 aromatic carbocycles. The molecule has 3 N–H and O–H groups in total. The van der Waals surface area contributed by atoms with Crippen LogP contribution in [0, 0.1) is 0 Å². The fraction of sp³-hybridized carbons (Fsp3) is 0.167. The van der Waals surface area contributed by atoms with Gasteiger partial charge < -0.3 is 20.9 Å². The molecule has 1 aliphatic heterocycles. The summed E-state index contributed by atoms with van der Waals surface area (Å²) < 4.78 is 0. The Hall–Kier alpha value is -4.44. The lowest BCUT2D eigenvalue weighted by molar-refractivity contribution is -0.111. The van der Waals surface area contributed by atoms with Gasteiger partial charge in [-0.05, 0) is 43.5 Å². The highest BCUT2D eigenvalue weighted by molar-refractivity contribution is 5.99. The fourth-order valence-corrected chi connectivity index (χ4v) is 3.72. The minimum atomic E-state index is -0.299. The largest absolute Gasteiger partial charge is 0.365 e. The summed E-state index contributed by atoms with van der Waals surface area (Å²) >= 11 is 0. The molecular formula is C24H23N9O. The Bertz CT molecular complexity index is 1350. The third kappa shape index (κ3) is 4.66. The lowest BCUT2D eigenvalue weighted by Crippen LogP contribution is -2.52. The van der Waals surface area contributed by atoms with Crippen LogP contribution in [0.5, 0.6) is 0 Å². The second-order valence-electron chi connectivity index (χ2n) is 8.03. The molecule has 1 amide bonds. The van der Waals surface area contributed by atoms with Gasteiger partial charge in [0, 0.05) is 42.8 Å². The average Bonchev–Trinajstić information content (AvgIpc) is 2.84. The van der Waals surface area contributed by atoms with Crippen LogP contribution in [-0.4, -0.2) is 61.9 Å². The number of aromatic nitrogens is 5. The van der Waals surface area contributed by atoms with Gasteiger partial charge in [0.05, 0.1) is 23.6 Å². The SMILES string of the molecule is C=CC(=O)Nc1ccnc(-c2nccc3cnc(Nc4ccc(NC5CN(C)C5)nc4)nc23)c1. The quantitative estimate of drug-likeness (QED) is 0.363. The van der Waals surface area contributed by atoms with E-state index in [4.69, 9.17) is 0 Å². The topological polar surface area (TPSA) is 121 Å². The maximum absolute atomic E-state index is 11.7. The standard InChI is InChI=1S/C24H23N9O/c1-3-21(34)30-16-7-9-25-19(10-16)23-22-15(6-8-26-23)11-28-24(32-22)31-17-4-5-20(27-12-17)29-18-13-33(2)14-18/h3-12,18H,1,13-14H2,2H3,(H,27,29)(H,25,30,34)(H,28,31,32). The van der Waals surface area contributed by atoms with Crippen LogP contribution in [0.15, 0.2) is 67.8 Å². The minimum absolute atomic E-state index is 0.299. The van der Waals surface area contributed by atoms with Crippen molar-refractivity contribution in [3.8, 4) is 11.4 Å². The van der Waals surface area contributed by atoms with Crippen molar-refractivity contribution in [2.24, 2.45) is 0 Å². The minimum Gasteiger partial charge on any atom is -0.365 e. The van der Waals surface area contributed by atoms with E-state index in [2.05, 4.69) is 59.4 Å².